The van der Waals surface area contributed by atoms with Gasteiger partial charge in [0.2, 0.25) is 0 Å². The van der Waals surface area contributed by atoms with Gasteiger partial charge >= 0.3 is 0 Å². The van der Waals surface area contributed by atoms with Gasteiger partial charge in [0.1, 0.15) is 5.69 Å². The zero-order valence-corrected chi connectivity index (χ0v) is 13.5. The summed E-state index contributed by atoms with van der Waals surface area (Å²) in [4.78, 5) is 14.8. The average Bonchev–Trinajstić information content (AvgIpc) is 3.06. The predicted molar refractivity (Wildman–Crippen MR) is 98.0 cm³/mol. The smallest absolute Gasteiger partial charge is 0.168 e. The Bertz CT molecular complexity index is 994. The van der Waals surface area contributed by atoms with Crippen molar-refractivity contribution in [3.05, 3.63) is 72.6 Å². The summed E-state index contributed by atoms with van der Waals surface area (Å²) in [5.41, 5.74) is 3.57. The number of aldehydes is 1. The molecule has 24 heavy (non-hydrogen) atoms. The Labute approximate surface area is 143 Å². The molecule has 4 aromatic rings. The number of benzene rings is 2. The van der Waals surface area contributed by atoms with E-state index in [1.54, 1.807) is 12.3 Å². The molecule has 0 bridgehead atoms. The number of hydrogen-bond acceptors (Lipinski definition) is 5. The highest BCUT2D eigenvalue weighted by molar-refractivity contribution is 7.14. The van der Waals surface area contributed by atoms with Crippen molar-refractivity contribution in [2.45, 2.75) is 0 Å². The minimum Gasteiger partial charge on any atom is -0.338 e. The molecule has 2 aromatic heterocycles. The van der Waals surface area contributed by atoms with Gasteiger partial charge in [0.05, 0.1) is 16.6 Å². The van der Waals surface area contributed by atoms with Crippen molar-refractivity contribution in [2.24, 2.45) is 0 Å². The number of nitrogens with one attached hydrogen (secondary N) is 1. The first-order chi connectivity index (χ1) is 11.8. The van der Waals surface area contributed by atoms with Crippen molar-refractivity contribution in [1.82, 2.24) is 9.36 Å². The maximum absolute atomic E-state index is 10.7. The monoisotopic (exact) mass is 331 g/mol. The molecule has 1 N–H and O–H groups in total. The summed E-state index contributed by atoms with van der Waals surface area (Å²) in [5, 5.41) is 4.35. The Morgan fingerprint density at radius 3 is 2.58 bits per heavy atom. The lowest BCUT2D eigenvalue weighted by atomic mass is 10.0. The van der Waals surface area contributed by atoms with Crippen LogP contribution in [0, 0.1) is 0 Å². The zero-order chi connectivity index (χ0) is 16.4. The van der Waals surface area contributed by atoms with Crippen LogP contribution >= 0.6 is 11.5 Å². The van der Waals surface area contributed by atoms with Gasteiger partial charge in [-0.1, -0.05) is 42.5 Å². The number of carbonyl (C=O) groups is 1. The summed E-state index contributed by atoms with van der Waals surface area (Å²) in [6.45, 7) is 0. The van der Waals surface area contributed by atoms with Crippen molar-refractivity contribution < 1.29 is 4.79 Å². The SMILES string of the molecule is O=Cc1ccc(Nc2nsc3c(-c4ccccc4)cccc23)cn1. The highest BCUT2D eigenvalue weighted by Gasteiger charge is 2.11. The third-order valence-electron chi connectivity index (χ3n) is 3.75. The molecule has 0 radical (unpaired) electrons. The fourth-order valence-corrected chi connectivity index (χ4v) is 3.46. The summed E-state index contributed by atoms with van der Waals surface area (Å²) < 4.78 is 5.69. The number of hydrogen-bond donors (Lipinski definition) is 1. The molecule has 4 nitrogen and oxygen atoms in total. The molecule has 5 heteroatoms. The number of carbonyl (C=O) groups excluding carboxylic acids is 1. The van der Waals surface area contributed by atoms with E-state index in [2.05, 4.69) is 38.9 Å². The molecule has 0 atom stereocenters. The third kappa shape index (κ3) is 2.66. The first-order valence-electron chi connectivity index (χ1n) is 7.47. The van der Waals surface area contributed by atoms with Gasteiger partial charge < -0.3 is 5.32 Å². The second-order valence-electron chi connectivity index (χ2n) is 5.29. The van der Waals surface area contributed by atoms with Gasteiger partial charge in [0, 0.05) is 10.9 Å². The topological polar surface area (TPSA) is 54.9 Å². The van der Waals surface area contributed by atoms with Crippen LogP contribution < -0.4 is 5.32 Å². The molecule has 0 spiro atoms. The van der Waals surface area contributed by atoms with Crippen molar-refractivity contribution in [1.29, 1.82) is 0 Å². The Hall–Kier alpha value is -3.05. The van der Waals surface area contributed by atoms with Gasteiger partial charge in [-0.05, 0) is 35.3 Å². The van der Waals surface area contributed by atoms with Crippen LogP contribution in [0.2, 0.25) is 0 Å². The number of rotatable bonds is 4. The molecule has 0 fully saturated rings. The highest BCUT2D eigenvalue weighted by atomic mass is 32.1. The Kier molecular flexibility index (Phi) is 3.76. The first kappa shape index (κ1) is 14.5. The second-order valence-corrected chi connectivity index (χ2v) is 6.07. The fourth-order valence-electron chi connectivity index (χ4n) is 2.58. The third-order valence-corrected chi connectivity index (χ3v) is 4.65. The summed E-state index contributed by atoms with van der Waals surface area (Å²) in [6, 6.07) is 20.0. The van der Waals surface area contributed by atoms with Crippen LogP contribution in [0.3, 0.4) is 0 Å². The van der Waals surface area contributed by atoms with Crippen molar-refractivity contribution in [3.63, 3.8) is 0 Å². The van der Waals surface area contributed by atoms with E-state index in [0.29, 0.717) is 5.69 Å². The quantitative estimate of drug-likeness (QED) is 0.540. The van der Waals surface area contributed by atoms with Crippen LogP contribution in [0.15, 0.2) is 66.9 Å². The molecular formula is C19H13N3OS. The molecule has 4 rings (SSSR count). The number of nitrogens with zero attached hydrogens (tertiary/aromatic N) is 2. The highest BCUT2D eigenvalue weighted by Crippen LogP contribution is 2.36. The normalized spacial score (nSPS) is 10.7. The van der Waals surface area contributed by atoms with E-state index in [9.17, 15) is 4.79 Å². The van der Waals surface area contributed by atoms with E-state index in [1.807, 2.05) is 30.3 Å². The number of fused-ring (bicyclic) bond motifs is 1. The molecule has 116 valence electrons. The molecular weight excluding hydrogens is 318 g/mol. The lowest BCUT2D eigenvalue weighted by Crippen LogP contribution is -1.93. The van der Waals surface area contributed by atoms with Crippen LogP contribution in [-0.4, -0.2) is 15.6 Å². The van der Waals surface area contributed by atoms with Crippen LogP contribution in [0.1, 0.15) is 10.5 Å². The molecule has 0 saturated carbocycles. The van der Waals surface area contributed by atoms with E-state index in [1.165, 1.54) is 22.7 Å². The Balaban J connectivity index is 1.74. The molecule has 0 unspecified atom stereocenters. The summed E-state index contributed by atoms with van der Waals surface area (Å²) in [7, 11) is 0. The zero-order valence-electron chi connectivity index (χ0n) is 12.6. The minimum absolute atomic E-state index is 0.412. The van der Waals surface area contributed by atoms with Crippen molar-refractivity contribution in [3.8, 4) is 11.1 Å². The maximum Gasteiger partial charge on any atom is 0.168 e. The maximum atomic E-state index is 10.7. The molecule has 0 aliphatic heterocycles. The number of aromatic nitrogens is 2. The fraction of sp³-hybridized carbons (Fsp3) is 0. The van der Waals surface area contributed by atoms with Crippen LogP contribution in [0.5, 0.6) is 0 Å². The van der Waals surface area contributed by atoms with Gasteiger partial charge in [-0.2, -0.15) is 4.37 Å². The molecule has 0 amide bonds. The average molecular weight is 331 g/mol. The van der Waals surface area contributed by atoms with Gasteiger partial charge in [0.25, 0.3) is 0 Å². The molecule has 2 aromatic carbocycles. The van der Waals surface area contributed by atoms with E-state index in [4.69, 9.17) is 0 Å². The molecule has 0 saturated heterocycles. The van der Waals surface area contributed by atoms with Gasteiger partial charge in [-0.15, -0.1) is 0 Å². The standard InChI is InChI=1S/C19H13N3OS/c23-12-15-10-9-14(11-20-15)21-19-17-8-4-7-16(18(17)24-22-19)13-5-2-1-3-6-13/h1-12H,(H,21,22). The van der Waals surface area contributed by atoms with Crippen LogP contribution in [-0.2, 0) is 0 Å². The van der Waals surface area contributed by atoms with E-state index in [0.717, 1.165) is 27.9 Å². The number of pyridine rings is 1. The minimum atomic E-state index is 0.412. The Morgan fingerprint density at radius 2 is 1.83 bits per heavy atom. The lowest BCUT2D eigenvalue weighted by Gasteiger charge is -2.05. The molecule has 2 heterocycles. The van der Waals surface area contributed by atoms with E-state index >= 15 is 0 Å². The lowest BCUT2D eigenvalue weighted by molar-refractivity contribution is 0.111. The molecule has 0 aliphatic carbocycles. The van der Waals surface area contributed by atoms with Gasteiger partial charge in [-0.25, -0.2) is 0 Å². The summed E-state index contributed by atoms with van der Waals surface area (Å²) in [6.07, 6.45) is 2.37. The number of anilines is 2. The van der Waals surface area contributed by atoms with Crippen LogP contribution in [0.4, 0.5) is 11.5 Å². The second kappa shape index (κ2) is 6.22. The molecule has 0 aliphatic rings. The van der Waals surface area contributed by atoms with Gasteiger partial charge in [0.15, 0.2) is 12.1 Å². The van der Waals surface area contributed by atoms with Crippen LogP contribution in [0.25, 0.3) is 21.2 Å². The van der Waals surface area contributed by atoms with Gasteiger partial charge in [-0.3, -0.25) is 9.78 Å². The summed E-state index contributed by atoms with van der Waals surface area (Å²) in [5.74, 6) is 0.799. The van der Waals surface area contributed by atoms with E-state index in [-0.39, 0.29) is 0 Å². The van der Waals surface area contributed by atoms with Crippen molar-refractivity contribution >= 4 is 39.4 Å². The Morgan fingerprint density at radius 1 is 0.958 bits per heavy atom. The van der Waals surface area contributed by atoms with Crippen molar-refractivity contribution in [2.75, 3.05) is 5.32 Å². The first-order valence-corrected chi connectivity index (χ1v) is 8.24. The summed E-state index contributed by atoms with van der Waals surface area (Å²) >= 11 is 1.47. The largest absolute Gasteiger partial charge is 0.338 e. The predicted octanol–water partition coefficient (Wildman–Crippen LogP) is 4.91. The van der Waals surface area contributed by atoms with E-state index < -0.39 is 0 Å².